The molecule has 0 radical (unpaired) electrons. The Morgan fingerprint density at radius 2 is 1.79 bits per heavy atom. The van der Waals surface area contributed by atoms with Gasteiger partial charge in [0, 0.05) is 18.8 Å². The number of carbonyl (C=O) groups is 2. The number of carbonyl (C=O) groups excluding carboxylic acids is 2. The van der Waals surface area contributed by atoms with Gasteiger partial charge >= 0.3 is 5.97 Å². The molecule has 0 spiro atoms. The maximum absolute atomic E-state index is 13.1. The second kappa shape index (κ2) is 8.70. The zero-order valence-electron chi connectivity index (χ0n) is 19.8. The molecule has 0 aliphatic carbocycles. The zero-order chi connectivity index (χ0) is 24.6. The maximum atomic E-state index is 13.1. The molecule has 8 nitrogen and oxygen atoms in total. The topological polar surface area (TPSA) is 95.0 Å². The third-order valence-electron chi connectivity index (χ3n) is 5.61. The SMILES string of the molecule is CCOC(=O)c1cc2c(=O)n3ccccc3nc2n(C)c1=NC(=O)c1ccc(C(C)(C)C)cc1. The van der Waals surface area contributed by atoms with Crippen molar-refractivity contribution in [2.45, 2.75) is 33.1 Å². The standard InChI is InChI=1S/C26H26N4O4/c1-6-34-25(33)19-15-18-21(27-20-9-7-8-14-30(20)24(18)32)29(5)22(19)28-23(31)16-10-12-17(13-11-16)26(2,3)4/h7-15H,6H2,1-5H3. The maximum Gasteiger partial charge on any atom is 0.341 e. The fourth-order valence-electron chi connectivity index (χ4n) is 3.73. The fraction of sp³-hybridized carbons (Fsp3) is 0.269. The van der Waals surface area contributed by atoms with Crippen LogP contribution in [0.5, 0.6) is 0 Å². The van der Waals surface area contributed by atoms with Gasteiger partial charge in [0.1, 0.15) is 16.9 Å². The monoisotopic (exact) mass is 458 g/mol. The predicted molar refractivity (Wildman–Crippen MR) is 129 cm³/mol. The number of pyridine rings is 2. The highest BCUT2D eigenvalue weighted by atomic mass is 16.5. The first kappa shape index (κ1) is 23.1. The molecule has 34 heavy (non-hydrogen) atoms. The van der Waals surface area contributed by atoms with E-state index < -0.39 is 11.9 Å². The number of esters is 1. The van der Waals surface area contributed by atoms with E-state index >= 15 is 0 Å². The van der Waals surface area contributed by atoms with Gasteiger partial charge in [-0.3, -0.25) is 14.0 Å². The van der Waals surface area contributed by atoms with E-state index in [9.17, 15) is 14.4 Å². The second-order valence-corrected chi connectivity index (χ2v) is 8.99. The Hall–Kier alpha value is -4.07. The first-order valence-electron chi connectivity index (χ1n) is 11.0. The van der Waals surface area contributed by atoms with E-state index in [1.807, 2.05) is 12.1 Å². The summed E-state index contributed by atoms with van der Waals surface area (Å²) in [5.74, 6) is -1.19. The van der Waals surface area contributed by atoms with Gasteiger partial charge in [0.15, 0.2) is 5.49 Å². The van der Waals surface area contributed by atoms with Crippen LogP contribution in [0.3, 0.4) is 0 Å². The minimum atomic E-state index is -0.674. The summed E-state index contributed by atoms with van der Waals surface area (Å²) in [6.07, 6.45) is 1.61. The van der Waals surface area contributed by atoms with Crippen LogP contribution in [0.15, 0.2) is 64.5 Å². The summed E-state index contributed by atoms with van der Waals surface area (Å²) in [5.41, 5.74) is 1.92. The summed E-state index contributed by atoms with van der Waals surface area (Å²) in [6.45, 7) is 8.09. The molecule has 0 bridgehead atoms. The first-order chi connectivity index (χ1) is 16.1. The molecule has 4 aromatic rings. The molecule has 0 aliphatic rings. The molecule has 3 heterocycles. The van der Waals surface area contributed by atoms with Crippen molar-refractivity contribution in [1.29, 1.82) is 0 Å². The van der Waals surface area contributed by atoms with Crippen molar-refractivity contribution >= 4 is 28.6 Å². The quantitative estimate of drug-likeness (QED) is 0.346. The molecular weight excluding hydrogens is 432 g/mol. The van der Waals surface area contributed by atoms with Crippen molar-refractivity contribution in [2.24, 2.45) is 12.0 Å². The lowest BCUT2D eigenvalue weighted by Crippen LogP contribution is -2.31. The number of rotatable bonds is 3. The van der Waals surface area contributed by atoms with Crippen molar-refractivity contribution in [3.63, 3.8) is 0 Å². The van der Waals surface area contributed by atoms with Crippen molar-refractivity contribution in [1.82, 2.24) is 14.0 Å². The smallest absolute Gasteiger partial charge is 0.341 e. The lowest BCUT2D eigenvalue weighted by Gasteiger charge is -2.18. The van der Waals surface area contributed by atoms with E-state index in [1.165, 1.54) is 15.0 Å². The molecule has 0 unspecified atom stereocenters. The summed E-state index contributed by atoms with van der Waals surface area (Å²) >= 11 is 0. The third-order valence-corrected chi connectivity index (χ3v) is 5.61. The third kappa shape index (κ3) is 4.14. The lowest BCUT2D eigenvalue weighted by atomic mass is 9.87. The molecule has 0 N–H and O–H groups in total. The van der Waals surface area contributed by atoms with Gasteiger partial charge in [-0.2, -0.15) is 4.99 Å². The van der Waals surface area contributed by atoms with Gasteiger partial charge in [-0.05, 0) is 48.2 Å². The van der Waals surface area contributed by atoms with Crippen LogP contribution in [0.25, 0.3) is 16.7 Å². The van der Waals surface area contributed by atoms with Crippen LogP contribution >= 0.6 is 0 Å². The van der Waals surface area contributed by atoms with E-state index in [0.29, 0.717) is 16.9 Å². The van der Waals surface area contributed by atoms with Gasteiger partial charge in [-0.15, -0.1) is 0 Å². The van der Waals surface area contributed by atoms with Gasteiger partial charge in [-0.25, -0.2) is 9.78 Å². The molecule has 0 atom stereocenters. The molecule has 3 aromatic heterocycles. The number of nitrogens with zero attached hydrogens (tertiary/aromatic N) is 4. The van der Waals surface area contributed by atoms with Crippen LogP contribution in [0, 0.1) is 0 Å². The Bertz CT molecular complexity index is 1560. The molecule has 174 valence electrons. The molecule has 8 heteroatoms. The molecule has 1 amide bonds. The van der Waals surface area contributed by atoms with Crippen LogP contribution < -0.4 is 11.0 Å². The van der Waals surface area contributed by atoms with Crippen LogP contribution in [0.2, 0.25) is 0 Å². The number of benzene rings is 1. The highest BCUT2D eigenvalue weighted by Gasteiger charge is 2.19. The Kier molecular flexibility index (Phi) is 5.91. The zero-order valence-corrected chi connectivity index (χ0v) is 19.8. The number of hydrogen-bond acceptors (Lipinski definition) is 5. The summed E-state index contributed by atoms with van der Waals surface area (Å²) in [7, 11) is 1.62. The molecule has 0 fully saturated rings. The first-order valence-corrected chi connectivity index (χ1v) is 11.0. The number of hydrogen-bond donors (Lipinski definition) is 0. The van der Waals surface area contributed by atoms with E-state index in [2.05, 4.69) is 30.7 Å². The van der Waals surface area contributed by atoms with E-state index in [4.69, 9.17) is 4.74 Å². The summed E-state index contributed by atoms with van der Waals surface area (Å²) in [4.78, 5) is 47.8. The number of aromatic nitrogens is 3. The van der Waals surface area contributed by atoms with Gasteiger partial charge < -0.3 is 9.30 Å². The lowest BCUT2D eigenvalue weighted by molar-refractivity contribution is 0.0523. The van der Waals surface area contributed by atoms with Crippen LogP contribution in [-0.2, 0) is 17.2 Å². The minimum absolute atomic E-state index is 0.0197. The molecule has 0 saturated heterocycles. The van der Waals surface area contributed by atoms with Crippen molar-refractivity contribution in [3.8, 4) is 0 Å². The number of fused-ring (bicyclic) bond motifs is 2. The van der Waals surface area contributed by atoms with E-state index in [1.54, 1.807) is 50.5 Å². The summed E-state index contributed by atoms with van der Waals surface area (Å²) < 4.78 is 8.07. The average Bonchev–Trinajstić information content (AvgIpc) is 2.81. The molecule has 0 saturated carbocycles. The highest BCUT2D eigenvalue weighted by Crippen LogP contribution is 2.22. The Balaban J connectivity index is 1.97. The van der Waals surface area contributed by atoms with Crippen molar-refractivity contribution in [2.75, 3.05) is 6.61 Å². The van der Waals surface area contributed by atoms with Crippen molar-refractivity contribution in [3.05, 3.63) is 87.3 Å². The van der Waals surface area contributed by atoms with Gasteiger partial charge in [-0.1, -0.05) is 39.0 Å². The van der Waals surface area contributed by atoms with Crippen LogP contribution in [0.4, 0.5) is 0 Å². The molecule has 4 rings (SSSR count). The number of aryl methyl sites for hydroxylation is 1. The molecule has 0 aliphatic heterocycles. The van der Waals surface area contributed by atoms with E-state index in [0.717, 1.165) is 5.56 Å². The Morgan fingerprint density at radius 1 is 1.09 bits per heavy atom. The van der Waals surface area contributed by atoms with E-state index in [-0.39, 0.29) is 34.0 Å². The second-order valence-electron chi connectivity index (χ2n) is 8.99. The predicted octanol–water partition coefficient (Wildman–Crippen LogP) is 3.40. The van der Waals surface area contributed by atoms with Gasteiger partial charge in [0.2, 0.25) is 0 Å². The highest BCUT2D eigenvalue weighted by molar-refractivity contribution is 5.97. The van der Waals surface area contributed by atoms with Gasteiger partial charge in [0.25, 0.3) is 11.5 Å². The summed E-state index contributed by atoms with van der Waals surface area (Å²) in [6, 6.07) is 13.8. The minimum Gasteiger partial charge on any atom is -0.462 e. The Morgan fingerprint density at radius 3 is 2.44 bits per heavy atom. The normalized spacial score (nSPS) is 12.3. The fourth-order valence-corrected chi connectivity index (χ4v) is 3.73. The van der Waals surface area contributed by atoms with Crippen LogP contribution in [0.1, 0.15) is 54.0 Å². The van der Waals surface area contributed by atoms with Crippen LogP contribution in [-0.4, -0.2) is 32.4 Å². The average molecular weight is 459 g/mol. The van der Waals surface area contributed by atoms with Crippen molar-refractivity contribution < 1.29 is 14.3 Å². The molecule has 1 aromatic carbocycles. The molecular formula is C26H26N4O4. The Labute approximate surface area is 196 Å². The largest absolute Gasteiger partial charge is 0.462 e. The summed E-state index contributed by atoms with van der Waals surface area (Å²) in [5, 5.41) is 0.218. The van der Waals surface area contributed by atoms with Gasteiger partial charge in [0.05, 0.1) is 12.0 Å². The number of ether oxygens (including phenoxy) is 1. The number of amides is 1.